The van der Waals surface area contributed by atoms with E-state index in [2.05, 4.69) is 14.7 Å². The molecule has 3 rings (SSSR count). The van der Waals surface area contributed by atoms with Crippen molar-refractivity contribution in [2.45, 2.75) is 75.3 Å². The SMILES string of the molecule is Cc1c(S(=O)(=O)N[C@@H]2CCCN(C3CCCCCC3)C2)cnn1C. The Morgan fingerprint density at radius 3 is 2.46 bits per heavy atom. The maximum Gasteiger partial charge on any atom is 0.244 e. The Bertz CT molecular complexity index is 648. The molecule has 0 unspecified atom stereocenters. The van der Waals surface area contributed by atoms with Crippen LogP contribution < -0.4 is 4.72 Å². The van der Waals surface area contributed by atoms with Crippen molar-refractivity contribution in [2.24, 2.45) is 7.05 Å². The summed E-state index contributed by atoms with van der Waals surface area (Å²) < 4.78 is 29.9. The molecular weight excluding hydrogens is 324 g/mol. The first kappa shape index (κ1) is 17.9. The van der Waals surface area contributed by atoms with Crippen LogP contribution in [0.25, 0.3) is 0 Å². The van der Waals surface area contributed by atoms with Gasteiger partial charge in [0.05, 0.1) is 11.9 Å². The predicted molar refractivity (Wildman–Crippen MR) is 94.4 cm³/mol. The van der Waals surface area contributed by atoms with Gasteiger partial charge < -0.3 is 0 Å². The van der Waals surface area contributed by atoms with Crippen molar-refractivity contribution < 1.29 is 8.42 Å². The summed E-state index contributed by atoms with van der Waals surface area (Å²) in [5, 5.41) is 4.06. The molecule has 0 spiro atoms. The second kappa shape index (κ2) is 7.54. The van der Waals surface area contributed by atoms with Gasteiger partial charge in [-0.05, 0) is 39.2 Å². The molecule has 0 bridgehead atoms. The number of sulfonamides is 1. The number of aryl methyl sites for hydroxylation is 1. The number of hydrogen-bond donors (Lipinski definition) is 1. The third-order valence-corrected chi connectivity index (χ3v) is 7.22. The van der Waals surface area contributed by atoms with Crippen molar-refractivity contribution in [2.75, 3.05) is 13.1 Å². The highest BCUT2D eigenvalue weighted by atomic mass is 32.2. The van der Waals surface area contributed by atoms with Crippen molar-refractivity contribution in [1.82, 2.24) is 19.4 Å². The van der Waals surface area contributed by atoms with Crippen LogP contribution in [0.3, 0.4) is 0 Å². The van der Waals surface area contributed by atoms with Crippen molar-refractivity contribution in [1.29, 1.82) is 0 Å². The van der Waals surface area contributed by atoms with Crippen molar-refractivity contribution in [3.05, 3.63) is 11.9 Å². The Kier molecular flexibility index (Phi) is 5.62. The lowest BCUT2D eigenvalue weighted by Crippen LogP contribution is -2.50. The minimum absolute atomic E-state index is 0.00612. The largest absolute Gasteiger partial charge is 0.299 e. The lowest BCUT2D eigenvalue weighted by atomic mass is 10.0. The van der Waals surface area contributed by atoms with Gasteiger partial charge in [0.1, 0.15) is 4.90 Å². The van der Waals surface area contributed by atoms with E-state index in [1.165, 1.54) is 44.7 Å². The molecule has 136 valence electrons. The topological polar surface area (TPSA) is 67.2 Å². The highest BCUT2D eigenvalue weighted by Crippen LogP contribution is 2.25. The lowest BCUT2D eigenvalue weighted by Gasteiger charge is -2.38. The molecule has 1 saturated carbocycles. The van der Waals surface area contributed by atoms with Crippen LogP contribution in [0.15, 0.2) is 11.1 Å². The van der Waals surface area contributed by atoms with E-state index in [9.17, 15) is 8.42 Å². The Hall–Kier alpha value is -0.920. The molecule has 24 heavy (non-hydrogen) atoms. The Labute approximate surface area is 145 Å². The molecule has 2 aliphatic rings. The van der Waals surface area contributed by atoms with E-state index in [4.69, 9.17) is 0 Å². The van der Waals surface area contributed by atoms with E-state index in [0.717, 1.165) is 25.9 Å². The van der Waals surface area contributed by atoms with Crippen LogP contribution in [0.1, 0.15) is 57.1 Å². The van der Waals surface area contributed by atoms with Crippen LogP contribution in [0, 0.1) is 6.92 Å². The summed E-state index contributed by atoms with van der Waals surface area (Å²) >= 11 is 0. The smallest absolute Gasteiger partial charge is 0.244 e. The Balaban J connectivity index is 1.65. The maximum absolute atomic E-state index is 12.7. The molecule has 0 aromatic carbocycles. The molecule has 1 saturated heterocycles. The van der Waals surface area contributed by atoms with Gasteiger partial charge in [-0.1, -0.05) is 25.7 Å². The predicted octanol–water partition coefficient (Wildman–Crippen LogP) is 2.19. The van der Waals surface area contributed by atoms with Crippen LogP contribution in [0.4, 0.5) is 0 Å². The summed E-state index contributed by atoms with van der Waals surface area (Å²) in [6, 6.07) is 0.645. The molecule has 2 fully saturated rings. The molecule has 1 aliphatic heterocycles. The molecule has 1 aliphatic carbocycles. The van der Waals surface area contributed by atoms with Gasteiger partial charge in [0.2, 0.25) is 10.0 Å². The molecule has 1 aromatic rings. The van der Waals surface area contributed by atoms with Gasteiger partial charge >= 0.3 is 0 Å². The normalized spacial score (nSPS) is 24.8. The van der Waals surface area contributed by atoms with Crippen LogP contribution in [-0.2, 0) is 17.1 Å². The zero-order valence-electron chi connectivity index (χ0n) is 14.9. The van der Waals surface area contributed by atoms with Gasteiger partial charge in [-0.3, -0.25) is 9.58 Å². The summed E-state index contributed by atoms with van der Waals surface area (Å²) in [6.45, 7) is 3.73. The number of likely N-dealkylation sites (tertiary alicyclic amines) is 1. The molecule has 1 aromatic heterocycles. The fraction of sp³-hybridized carbons (Fsp3) is 0.824. The third kappa shape index (κ3) is 4.00. The Morgan fingerprint density at radius 1 is 1.12 bits per heavy atom. The van der Waals surface area contributed by atoms with E-state index in [1.807, 2.05) is 0 Å². The average molecular weight is 355 g/mol. The summed E-state index contributed by atoms with van der Waals surface area (Å²) in [6.07, 6.45) is 11.3. The van der Waals surface area contributed by atoms with Gasteiger partial charge in [0.15, 0.2) is 0 Å². The van der Waals surface area contributed by atoms with Crippen molar-refractivity contribution >= 4 is 10.0 Å². The molecule has 0 radical (unpaired) electrons. The number of rotatable bonds is 4. The van der Waals surface area contributed by atoms with Crippen LogP contribution in [0.5, 0.6) is 0 Å². The molecule has 7 heteroatoms. The van der Waals surface area contributed by atoms with Gasteiger partial charge in [-0.2, -0.15) is 5.10 Å². The fourth-order valence-electron chi connectivity index (χ4n) is 4.08. The molecule has 0 amide bonds. The van der Waals surface area contributed by atoms with E-state index >= 15 is 0 Å². The number of nitrogens with zero attached hydrogens (tertiary/aromatic N) is 3. The van der Waals surface area contributed by atoms with Crippen molar-refractivity contribution in [3.8, 4) is 0 Å². The molecule has 1 atom stereocenters. The van der Waals surface area contributed by atoms with E-state index in [-0.39, 0.29) is 6.04 Å². The first-order valence-electron chi connectivity index (χ1n) is 9.22. The van der Waals surface area contributed by atoms with Crippen LogP contribution >= 0.6 is 0 Å². The summed E-state index contributed by atoms with van der Waals surface area (Å²) in [5.74, 6) is 0. The molecular formula is C17H30N4O2S. The second-order valence-corrected chi connectivity index (χ2v) is 9.00. The minimum atomic E-state index is -3.49. The zero-order chi connectivity index (χ0) is 17.2. The minimum Gasteiger partial charge on any atom is -0.299 e. The van der Waals surface area contributed by atoms with E-state index < -0.39 is 10.0 Å². The second-order valence-electron chi connectivity index (χ2n) is 7.32. The first-order valence-corrected chi connectivity index (χ1v) is 10.7. The number of hydrogen-bond acceptors (Lipinski definition) is 4. The first-order chi connectivity index (χ1) is 11.5. The van der Waals surface area contributed by atoms with Gasteiger partial charge in [0.25, 0.3) is 0 Å². The van der Waals surface area contributed by atoms with Crippen LogP contribution in [0.2, 0.25) is 0 Å². The number of aromatic nitrogens is 2. The summed E-state index contributed by atoms with van der Waals surface area (Å²) in [4.78, 5) is 2.83. The lowest BCUT2D eigenvalue weighted by molar-refractivity contribution is 0.132. The molecule has 1 N–H and O–H groups in total. The average Bonchev–Trinajstić information content (AvgIpc) is 2.77. The third-order valence-electron chi connectivity index (χ3n) is 5.60. The summed E-state index contributed by atoms with van der Waals surface area (Å²) in [7, 11) is -1.72. The quantitative estimate of drug-likeness (QED) is 0.842. The monoisotopic (exact) mass is 354 g/mol. The van der Waals surface area contributed by atoms with Gasteiger partial charge in [-0.15, -0.1) is 0 Å². The van der Waals surface area contributed by atoms with E-state index in [1.54, 1.807) is 18.7 Å². The Morgan fingerprint density at radius 2 is 1.83 bits per heavy atom. The molecule has 6 nitrogen and oxygen atoms in total. The maximum atomic E-state index is 12.7. The highest BCUT2D eigenvalue weighted by Gasteiger charge is 2.30. The molecule has 2 heterocycles. The van der Waals surface area contributed by atoms with E-state index in [0.29, 0.717) is 16.6 Å². The highest BCUT2D eigenvalue weighted by molar-refractivity contribution is 7.89. The van der Waals surface area contributed by atoms with Crippen molar-refractivity contribution in [3.63, 3.8) is 0 Å². The standard InChI is InChI=1S/C17H30N4O2S/c1-14-17(12-18-20(14)2)24(22,23)19-15-8-7-11-21(13-15)16-9-5-3-4-6-10-16/h12,15-16,19H,3-11,13H2,1-2H3/t15-/m1/s1. The van der Waals surface area contributed by atoms with Crippen LogP contribution in [-0.4, -0.2) is 48.3 Å². The van der Waals surface area contributed by atoms with Gasteiger partial charge in [0, 0.05) is 25.7 Å². The number of nitrogens with one attached hydrogen (secondary N) is 1. The zero-order valence-corrected chi connectivity index (χ0v) is 15.7. The fourth-order valence-corrected chi connectivity index (χ4v) is 5.55. The number of piperidine rings is 1. The summed E-state index contributed by atoms with van der Waals surface area (Å²) in [5.41, 5.74) is 0.680. The van der Waals surface area contributed by atoms with Gasteiger partial charge in [-0.25, -0.2) is 13.1 Å².